The summed E-state index contributed by atoms with van der Waals surface area (Å²) in [6, 6.07) is 4.31. The molecule has 0 radical (unpaired) electrons. The molecular weight excluding hydrogens is 243 g/mol. The van der Waals surface area contributed by atoms with Gasteiger partial charge in [-0.2, -0.15) is 0 Å². The minimum Gasteiger partial charge on any atom is -0.493 e. The van der Waals surface area contributed by atoms with E-state index >= 15 is 0 Å². The SMILES string of the molecule is CCCCC(CC)COc1ccc(F)cc1[C@H](C)O. The highest BCUT2D eigenvalue weighted by molar-refractivity contribution is 5.35. The molecule has 0 amide bonds. The van der Waals surface area contributed by atoms with Crippen LogP contribution >= 0.6 is 0 Å². The third-order valence-corrected chi connectivity index (χ3v) is 3.44. The molecule has 0 heterocycles. The number of rotatable bonds is 8. The minimum absolute atomic E-state index is 0.346. The zero-order chi connectivity index (χ0) is 14.3. The van der Waals surface area contributed by atoms with Crippen LogP contribution in [-0.2, 0) is 0 Å². The minimum atomic E-state index is -0.721. The quantitative estimate of drug-likeness (QED) is 0.753. The largest absolute Gasteiger partial charge is 0.493 e. The number of hydrogen-bond donors (Lipinski definition) is 1. The number of unbranched alkanes of at least 4 members (excludes halogenated alkanes) is 1. The maximum Gasteiger partial charge on any atom is 0.125 e. The highest BCUT2D eigenvalue weighted by Crippen LogP contribution is 2.27. The summed E-state index contributed by atoms with van der Waals surface area (Å²) in [5.41, 5.74) is 0.519. The van der Waals surface area contributed by atoms with Crippen molar-refractivity contribution >= 4 is 0 Å². The standard InChI is InChI=1S/C16H25FO2/c1-4-6-7-13(5-2)11-19-16-9-8-14(17)10-15(16)12(3)18/h8-10,12-13,18H,4-7,11H2,1-3H3/t12-,13?/m0/s1. The molecule has 0 fully saturated rings. The molecule has 0 spiro atoms. The van der Waals surface area contributed by atoms with Gasteiger partial charge in [-0.3, -0.25) is 0 Å². The van der Waals surface area contributed by atoms with Crippen LogP contribution in [0.5, 0.6) is 5.75 Å². The molecule has 0 aromatic heterocycles. The fraction of sp³-hybridized carbons (Fsp3) is 0.625. The summed E-state index contributed by atoms with van der Waals surface area (Å²) < 4.78 is 18.9. The molecule has 0 aliphatic carbocycles. The fourth-order valence-electron chi connectivity index (χ4n) is 2.08. The lowest BCUT2D eigenvalue weighted by Crippen LogP contribution is -2.12. The monoisotopic (exact) mass is 268 g/mol. The van der Waals surface area contributed by atoms with Gasteiger partial charge in [0.1, 0.15) is 11.6 Å². The normalized spacial score (nSPS) is 14.2. The molecule has 0 saturated carbocycles. The first kappa shape index (κ1) is 16.0. The summed E-state index contributed by atoms with van der Waals surface area (Å²) in [7, 11) is 0. The Balaban J connectivity index is 2.65. The Hall–Kier alpha value is -1.09. The first-order valence-electron chi connectivity index (χ1n) is 7.18. The van der Waals surface area contributed by atoms with Gasteiger partial charge < -0.3 is 9.84 Å². The number of ether oxygens (including phenoxy) is 1. The summed E-state index contributed by atoms with van der Waals surface area (Å²) in [5.74, 6) is 0.763. The molecule has 1 N–H and O–H groups in total. The van der Waals surface area contributed by atoms with Crippen LogP contribution in [0.1, 0.15) is 58.1 Å². The summed E-state index contributed by atoms with van der Waals surface area (Å²) in [6.07, 6.45) is 3.89. The van der Waals surface area contributed by atoms with Gasteiger partial charge in [0, 0.05) is 5.56 Å². The molecule has 1 aromatic carbocycles. The van der Waals surface area contributed by atoms with E-state index in [1.807, 2.05) is 0 Å². The third-order valence-electron chi connectivity index (χ3n) is 3.44. The van der Waals surface area contributed by atoms with Crippen molar-refractivity contribution in [2.45, 2.75) is 52.6 Å². The second-order valence-electron chi connectivity index (χ2n) is 5.09. The van der Waals surface area contributed by atoms with Gasteiger partial charge >= 0.3 is 0 Å². The van der Waals surface area contributed by atoms with Crippen LogP contribution < -0.4 is 4.74 Å². The van der Waals surface area contributed by atoms with Crippen LogP contribution in [0, 0.1) is 11.7 Å². The topological polar surface area (TPSA) is 29.5 Å². The summed E-state index contributed by atoms with van der Waals surface area (Å²) in [6.45, 7) is 6.58. The number of aliphatic hydroxyl groups excluding tert-OH is 1. The predicted octanol–water partition coefficient (Wildman–Crippen LogP) is 4.47. The third kappa shape index (κ3) is 5.19. The molecule has 2 atom stereocenters. The average Bonchev–Trinajstić information content (AvgIpc) is 2.40. The Morgan fingerprint density at radius 1 is 1.32 bits per heavy atom. The van der Waals surface area contributed by atoms with Gasteiger partial charge in [-0.1, -0.05) is 33.1 Å². The van der Waals surface area contributed by atoms with Gasteiger partial charge in [0.25, 0.3) is 0 Å². The lowest BCUT2D eigenvalue weighted by atomic mass is 10.0. The Morgan fingerprint density at radius 2 is 2.05 bits per heavy atom. The van der Waals surface area contributed by atoms with Crippen LogP contribution in [0.4, 0.5) is 4.39 Å². The van der Waals surface area contributed by atoms with E-state index in [1.165, 1.54) is 25.0 Å². The van der Waals surface area contributed by atoms with Crippen LogP contribution in [0.25, 0.3) is 0 Å². The lowest BCUT2D eigenvalue weighted by Gasteiger charge is -2.18. The smallest absolute Gasteiger partial charge is 0.125 e. The number of benzene rings is 1. The van der Waals surface area contributed by atoms with Gasteiger partial charge in [-0.05, 0) is 37.5 Å². The van der Waals surface area contributed by atoms with E-state index in [9.17, 15) is 9.50 Å². The second-order valence-corrected chi connectivity index (χ2v) is 5.09. The molecule has 108 valence electrons. The van der Waals surface area contributed by atoms with Gasteiger partial charge in [-0.25, -0.2) is 4.39 Å². The van der Waals surface area contributed by atoms with Crippen molar-refractivity contribution in [2.75, 3.05) is 6.61 Å². The zero-order valence-electron chi connectivity index (χ0n) is 12.2. The molecule has 2 nitrogen and oxygen atoms in total. The first-order chi connectivity index (χ1) is 9.08. The van der Waals surface area contributed by atoms with Gasteiger partial charge in [-0.15, -0.1) is 0 Å². The van der Waals surface area contributed by atoms with E-state index in [1.54, 1.807) is 13.0 Å². The molecule has 3 heteroatoms. The van der Waals surface area contributed by atoms with Gasteiger partial charge in [0.2, 0.25) is 0 Å². The molecule has 0 aliphatic heterocycles. The van der Waals surface area contributed by atoms with Crippen LogP contribution in [-0.4, -0.2) is 11.7 Å². The average molecular weight is 268 g/mol. The number of halogens is 1. The van der Waals surface area contributed by atoms with E-state index in [2.05, 4.69) is 13.8 Å². The van der Waals surface area contributed by atoms with E-state index in [-0.39, 0.29) is 5.82 Å². The number of aliphatic hydroxyl groups is 1. The van der Waals surface area contributed by atoms with E-state index in [4.69, 9.17) is 4.74 Å². The second kappa shape index (κ2) is 8.16. The van der Waals surface area contributed by atoms with Crippen LogP contribution in [0.2, 0.25) is 0 Å². The molecule has 19 heavy (non-hydrogen) atoms. The van der Waals surface area contributed by atoms with Crippen molar-refractivity contribution in [3.63, 3.8) is 0 Å². The van der Waals surface area contributed by atoms with E-state index in [0.29, 0.717) is 23.8 Å². The zero-order valence-corrected chi connectivity index (χ0v) is 12.2. The Morgan fingerprint density at radius 3 is 2.63 bits per heavy atom. The van der Waals surface area contributed by atoms with Crippen molar-refractivity contribution in [1.82, 2.24) is 0 Å². The summed E-state index contributed by atoms with van der Waals surface area (Å²) in [5, 5.41) is 9.65. The molecule has 0 saturated heterocycles. The Labute approximate surface area is 115 Å². The van der Waals surface area contributed by atoms with Gasteiger partial charge in [0.15, 0.2) is 0 Å². The van der Waals surface area contributed by atoms with E-state index < -0.39 is 6.10 Å². The molecule has 0 bridgehead atoms. The molecule has 1 unspecified atom stereocenters. The van der Waals surface area contributed by atoms with Crippen molar-refractivity contribution in [2.24, 2.45) is 5.92 Å². The van der Waals surface area contributed by atoms with Gasteiger partial charge in [0.05, 0.1) is 12.7 Å². The molecular formula is C16H25FO2. The van der Waals surface area contributed by atoms with Crippen LogP contribution in [0.3, 0.4) is 0 Å². The summed E-state index contributed by atoms with van der Waals surface area (Å²) >= 11 is 0. The lowest BCUT2D eigenvalue weighted by molar-refractivity contribution is 0.183. The van der Waals surface area contributed by atoms with Crippen molar-refractivity contribution in [3.8, 4) is 5.75 Å². The highest BCUT2D eigenvalue weighted by Gasteiger charge is 2.13. The maximum atomic E-state index is 13.2. The summed E-state index contributed by atoms with van der Waals surface area (Å²) in [4.78, 5) is 0. The molecule has 1 aromatic rings. The van der Waals surface area contributed by atoms with E-state index in [0.717, 1.165) is 12.8 Å². The molecule has 1 rings (SSSR count). The predicted molar refractivity (Wildman–Crippen MR) is 75.8 cm³/mol. The molecule has 0 aliphatic rings. The highest BCUT2D eigenvalue weighted by atomic mass is 19.1. The first-order valence-corrected chi connectivity index (χ1v) is 7.18. The van der Waals surface area contributed by atoms with Crippen LogP contribution in [0.15, 0.2) is 18.2 Å². The Kier molecular flexibility index (Phi) is 6.85. The maximum absolute atomic E-state index is 13.2. The van der Waals surface area contributed by atoms with Crippen molar-refractivity contribution < 1.29 is 14.2 Å². The number of hydrogen-bond acceptors (Lipinski definition) is 2. The van der Waals surface area contributed by atoms with Crippen molar-refractivity contribution in [1.29, 1.82) is 0 Å². The fourth-order valence-corrected chi connectivity index (χ4v) is 2.08. The Bertz CT molecular complexity index is 377. The van der Waals surface area contributed by atoms with Crippen molar-refractivity contribution in [3.05, 3.63) is 29.6 Å².